The Hall–Kier alpha value is -0.760. The summed E-state index contributed by atoms with van der Waals surface area (Å²) in [6.45, 7) is 6.87. The molecule has 118 valence electrons. The fraction of sp³-hybridized carbons (Fsp3) is 0.789. The zero-order valence-electron chi connectivity index (χ0n) is 13.6. The van der Waals surface area contributed by atoms with Gasteiger partial charge in [-0.15, -0.1) is 0 Å². The highest BCUT2D eigenvalue weighted by molar-refractivity contribution is 5.20. The summed E-state index contributed by atoms with van der Waals surface area (Å²) in [6, 6.07) is 0. The molecule has 0 spiro atoms. The number of fused-ring (bicyclic) bond motifs is 1. The van der Waals surface area contributed by atoms with Crippen LogP contribution in [0.3, 0.4) is 0 Å². The van der Waals surface area contributed by atoms with Crippen LogP contribution in [0.25, 0.3) is 0 Å². The third-order valence-electron chi connectivity index (χ3n) is 6.94. The van der Waals surface area contributed by atoms with Crippen LogP contribution in [-0.4, -0.2) is 16.3 Å². The predicted molar refractivity (Wildman–Crippen MR) is 85.8 cm³/mol. The Morgan fingerprint density at radius 1 is 1.29 bits per heavy atom. The summed E-state index contributed by atoms with van der Waals surface area (Å²) in [6.07, 6.45) is 11.8. The zero-order chi connectivity index (χ0) is 15.2. The van der Waals surface area contributed by atoms with Crippen molar-refractivity contribution in [2.24, 2.45) is 35.0 Å². The fourth-order valence-corrected chi connectivity index (χ4v) is 5.71. The van der Waals surface area contributed by atoms with Gasteiger partial charge >= 0.3 is 0 Å². The first-order valence-corrected chi connectivity index (χ1v) is 8.74. The maximum Gasteiger partial charge on any atom is 0.111 e. The van der Waals surface area contributed by atoms with Crippen LogP contribution in [0.15, 0.2) is 24.0 Å². The SMILES string of the molecule is CCC1C(C2C=CC(O)=CC2C)CCC2(C)C(O)CCC12. The topological polar surface area (TPSA) is 40.5 Å². The maximum atomic E-state index is 10.4. The Kier molecular flexibility index (Phi) is 3.94. The normalized spacial score (nSPS) is 49.8. The van der Waals surface area contributed by atoms with Gasteiger partial charge in [-0.3, -0.25) is 0 Å². The molecule has 3 aliphatic carbocycles. The van der Waals surface area contributed by atoms with Gasteiger partial charge in [-0.1, -0.05) is 33.3 Å². The van der Waals surface area contributed by atoms with Gasteiger partial charge in [0.15, 0.2) is 0 Å². The highest BCUT2D eigenvalue weighted by Crippen LogP contribution is 2.59. The van der Waals surface area contributed by atoms with Crippen molar-refractivity contribution in [3.8, 4) is 0 Å². The van der Waals surface area contributed by atoms with E-state index in [2.05, 4.69) is 26.8 Å². The lowest BCUT2D eigenvalue weighted by molar-refractivity contribution is -0.0457. The maximum absolute atomic E-state index is 10.4. The summed E-state index contributed by atoms with van der Waals surface area (Å²) < 4.78 is 0. The van der Waals surface area contributed by atoms with Gasteiger partial charge in [0.2, 0.25) is 0 Å². The van der Waals surface area contributed by atoms with Gasteiger partial charge in [0.25, 0.3) is 0 Å². The van der Waals surface area contributed by atoms with E-state index in [-0.39, 0.29) is 11.5 Å². The second-order valence-electron chi connectivity index (χ2n) is 7.87. The molecule has 0 amide bonds. The van der Waals surface area contributed by atoms with E-state index in [1.54, 1.807) is 0 Å². The Balaban J connectivity index is 1.83. The number of hydrogen-bond acceptors (Lipinski definition) is 2. The number of hydrogen-bond donors (Lipinski definition) is 2. The highest BCUT2D eigenvalue weighted by Gasteiger charge is 2.54. The quantitative estimate of drug-likeness (QED) is 0.788. The minimum atomic E-state index is -0.0965. The first-order chi connectivity index (χ1) is 9.97. The number of rotatable bonds is 2. The third-order valence-corrected chi connectivity index (χ3v) is 6.94. The van der Waals surface area contributed by atoms with Crippen molar-refractivity contribution in [1.29, 1.82) is 0 Å². The molecule has 0 aromatic heterocycles. The predicted octanol–water partition coefficient (Wildman–Crippen LogP) is 4.46. The van der Waals surface area contributed by atoms with Crippen molar-refractivity contribution < 1.29 is 10.2 Å². The minimum absolute atomic E-state index is 0.0965. The Morgan fingerprint density at radius 3 is 2.71 bits per heavy atom. The molecule has 3 aliphatic rings. The van der Waals surface area contributed by atoms with E-state index in [1.807, 2.05) is 12.2 Å². The number of aliphatic hydroxyl groups excluding tert-OH is 2. The van der Waals surface area contributed by atoms with Gasteiger partial charge in [0, 0.05) is 0 Å². The van der Waals surface area contributed by atoms with Gasteiger partial charge in [0.1, 0.15) is 5.76 Å². The molecule has 2 saturated carbocycles. The van der Waals surface area contributed by atoms with Gasteiger partial charge in [0.05, 0.1) is 6.10 Å². The second kappa shape index (κ2) is 5.46. The molecule has 0 heterocycles. The van der Waals surface area contributed by atoms with Crippen LogP contribution in [0.5, 0.6) is 0 Å². The van der Waals surface area contributed by atoms with Crippen molar-refractivity contribution in [2.45, 2.75) is 59.0 Å². The van der Waals surface area contributed by atoms with Crippen molar-refractivity contribution in [2.75, 3.05) is 0 Å². The molecule has 0 radical (unpaired) electrons. The van der Waals surface area contributed by atoms with Gasteiger partial charge < -0.3 is 10.2 Å². The molecule has 2 nitrogen and oxygen atoms in total. The van der Waals surface area contributed by atoms with Crippen molar-refractivity contribution >= 4 is 0 Å². The van der Waals surface area contributed by atoms with Gasteiger partial charge in [-0.05, 0) is 72.8 Å². The van der Waals surface area contributed by atoms with E-state index in [1.165, 1.54) is 19.3 Å². The molecule has 0 aromatic carbocycles. The molecule has 0 aromatic rings. The van der Waals surface area contributed by atoms with E-state index in [9.17, 15) is 10.2 Å². The fourth-order valence-electron chi connectivity index (χ4n) is 5.71. The monoisotopic (exact) mass is 290 g/mol. The lowest BCUT2D eigenvalue weighted by Crippen LogP contribution is -2.45. The molecular formula is C19H30O2. The zero-order valence-corrected chi connectivity index (χ0v) is 13.6. The molecule has 0 saturated heterocycles. The first kappa shape index (κ1) is 15.1. The van der Waals surface area contributed by atoms with Crippen molar-refractivity contribution in [3.63, 3.8) is 0 Å². The molecule has 7 unspecified atom stereocenters. The molecule has 21 heavy (non-hydrogen) atoms. The molecule has 7 atom stereocenters. The van der Waals surface area contributed by atoms with Crippen LogP contribution in [0, 0.1) is 35.0 Å². The average molecular weight is 290 g/mol. The molecule has 2 fully saturated rings. The molecule has 2 N–H and O–H groups in total. The van der Waals surface area contributed by atoms with E-state index < -0.39 is 0 Å². The van der Waals surface area contributed by atoms with Crippen LogP contribution in [0.1, 0.15) is 52.9 Å². The molecule has 0 bridgehead atoms. The summed E-state index contributed by atoms with van der Waals surface area (Å²) in [5.41, 5.74) is 0.150. The molecular weight excluding hydrogens is 260 g/mol. The lowest BCUT2D eigenvalue weighted by atomic mass is 9.55. The highest BCUT2D eigenvalue weighted by atomic mass is 16.3. The smallest absolute Gasteiger partial charge is 0.111 e. The summed E-state index contributed by atoms with van der Waals surface area (Å²) in [7, 11) is 0. The Labute approximate surface area is 128 Å². The van der Waals surface area contributed by atoms with Crippen LogP contribution in [0.4, 0.5) is 0 Å². The number of aliphatic hydroxyl groups is 2. The van der Waals surface area contributed by atoms with Crippen LogP contribution < -0.4 is 0 Å². The average Bonchev–Trinajstić information content (AvgIpc) is 2.74. The minimum Gasteiger partial charge on any atom is -0.508 e. The largest absolute Gasteiger partial charge is 0.508 e. The van der Waals surface area contributed by atoms with E-state index >= 15 is 0 Å². The summed E-state index contributed by atoms with van der Waals surface area (Å²) in [5, 5.41) is 20.1. The van der Waals surface area contributed by atoms with E-state index in [0.717, 1.165) is 12.8 Å². The van der Waals surface area contributed by atoms with Crippen LogP contribution in [-0.2, 0) is 0 Å². The lowest BCUT2D eigenvalue weighted by Gasteiger charge is -2.50. The van der Waals surface area contributed by atoms with E-state index in [0.29, 0.717) is 35.3 Å². The standard InChI is InChI=1S/C19H30O2/c1-4-14-16(15-6-5-13(20)11-12(15)2)9-10-19(3)17(14)7-8-18(19)21/h5-6,11-12,14-18,20-21H,4,7-10H2,1-3H3. The Bertz CT molecular complexity index is 452. The van der Waals surface area contributed by atoms with Crippen molar-refractivity contribution in [3.05, 3.63) is 24.0 Å². The van der Waals surface area contributed by atoms with Gasteiger partial charge in [-0.2, -0.15) is 0 Å². The summed E-state index contributed by atoms with van der Waals surface area (Å²) in [4.78, 5) is 0. The van der Waals surface area contributed by atoms with Crippen LogP contribution >= 0.6 is 0 Å². The molecule has 2 heteroatoms. The second-order valence-corrected chi connectivity index (χ2v) is 7.87. The summed E-state index contributed by atoms with van der Waals surface area (Å²) >= 11 is 0. The first-order valence-electron chi connectivity index (χ1n) is 8.74. The molecule has 3 rings (SSSR count). The van der Waals surface area contributed by atoms with Crippen molar-refractivity contribution in [1.82, 2.24) is 0 Å². The Morgan fingerprint density at radius 2 is 2.05 bits per heavy atom. The molecule has 0 aliphatic heterocycles. The van der Waals surface area contributed by atoms with Crippen LogP contribution in [0.2, 0.25) is 0 Å². The number of allylic oxidation sites excluding steroid dienone is 3. The van der Waals surface area contributed by atoms with Gasteiger partial charge in [-0.25, -0.2) is 0 Å². The summed E-state index contributed by atoms with van der Waals surface area (Å²) in [5.74, 6) is 3.48. The van der Waals surface area contributed by atoms with E-state index in [4.69, 9.17) is 0 Å². The third kappa shape index (κ3) is 2.36.